The van der Waals surface area contributed by atoms with Gasteiger partial charge in [-0.3, -0.25) is 4.79 Å². The second kappa shape index (κ2) is 8.32. The van der Waals surface area contributed by atoms with Crippen molar-refractivity contribution in [3.63, 3.8) is 0 Å². The number of carbonyl (C=O) groups excluding carboxylic acids is 2. The second-order valence-corrected chi connectivity index (χ2v) is 10.4. The van der Waals surface area contributed by atoms with Gasteiger partial charge in [-0.1, -0.05) is 0 Å². The van der Waals surface area contributed by atoms with Crippen LogP contribution in [0.5, 0.6) is 5.75 Å². The van der Waals surface area contributed by atoms with Crippen molar-refractivity contribution >= 4 is 17.7 Å². The van der Waals surface area contributed by atoms with E-state index in [2.05, 4.69) is 15.3 Å². The number of alkyl carbamates (subject to hydrolysis) is 1. The smallest absolute Gasteiger partial charge is 0.407 e. The van der Waals surface area contributed by atoms with Crippen LogP contribution < -0.4 is 15.8 Å². The van der Waals surface area contributed by atoms with Gasteiger partial charge >= 0.3 is 6.09 Å². The summed E-state index contributed by atoms with van der Waals surface area (Å²) in [5.74, 6) is 0.968. The van der Waals surface area contributed by atoms with Gasteiger partial charge in [-0.2, -0.15) is 0 Å². The summed E-state index contributed by atoms with van der Waals surface area (Å²) in [6.07, 6.45) is 4.31. The van der Waals surface area contributed by atoms with E-state index in [-0.39, 0.29) is 24.0 Å². The Morgan fingerprint density at radius 2 is 1.82 bits per heavy atom. The monoisotopic (exact) mass is 452 g/mol. The first-order chi connectivity index (χ1) is 15.5. The number of anilines is 1. The predicted molar refractivity (Wildman–Crippen MR) is 125 cm³/mol. The molecule has 0 radical (unpaired) electrons. The molecule has 0 saturated heterocycles. The molecule has 0 atom stereocenters. The molecule has 2 aromatic rings. The number of nitrogens with one attached hydrogen (secondary N) is 1. The van der Waals surface area contributed by atoms with Gasteiger partial charge in [0.25, 0.3) is 0 Å². The number of nitrogen functional groups attached to an aromatic ring is 1. The van der Waals surface area contributed by atoms with E-state index in [1.165, 1.54) is 6.33 Å². The molecule has 0 unspecified atom stereocenters. The van der Waals surface area contributed by atoms with Crippen molar-refractivity contribution in [2.45, 2.75) is 83.5 Å². The molecule has 1 aromatic heterocycles. The zero-order valence-electron chi connectivity index (χ0n) is 19.9. The summed E-state index contributed by atoms with van der Waals surface area (Å²) >= 11 is 0. The fraction of sp³-hybridized carbons (Fsp3) is 0.520. The number of Topliss-reactive ketones (excluding diaryl/α,β-unsaturated/α-hetero) is 1. The van der Waals surface area contributed by atoms with Gasteiger partial charge in [-0.25, -0.2) is 14.8 Å². The zero-order valence-corrected chi connectivity index (χ0v) is 19.9. The van der Waals surface area contributed by atoms with Crippen LogP contribution in [0.2, 0.25) is 0 Å². The van der Waals surface area contributed by atoms with Gasteiger partial charge in [0.15, 0.2) is 5.78 Å². The molecule has 8 heteroatoms. The lowest BCUT2D eigenvalue weighted by Gasteiger charge is -2.33. The molecule has 2 aliphatic rings. The highest BCUT2D eigenvalue weighted by molar-refractivity contribution is 6.12. The molecule has 4 rings (SSSR count). The molecule has 1 aromatic carbocycles. The van der Waals surface area contributed by atoms with Crippen LogP contribution in [0.3, 0.4) is 0 Å². The maximum absolute atomic E-state index is 13.3. The Hall–Kier alpha value is -3.16. The van der Waals surface area contributed by atoms with E-state index in [1.807, 2.05) is 52.8 Å². The Labute approximate surface area is 194 Å². The summed E-state index contributed by atoms with van der Waals surface area (Å²) in [7, 11) is 0. The molecule has 0 spiro atoms. The van der Waals surface area contributed by atoms with Crippen molar-refractivity contribution in [1.82, 2.24) is 15.3 Å². The van der Waals surface area contributed by atoms with Gasteiger partial charge in [0.2, 0.25) is 0 Å². The van der Waals surface area contributed by atoms with E-state index in [9.17, 15) is 9.59 Å². The average Bonchev–Trinajstić information content (AvgIpc) is 2.72. The predicted octanol–water partition coefficient (Wildman–Crippen LogP) is 4.41. The van der Waals surface area contributed by atoms with Crippen LogP contribution in [-0.2, 0) is 10.2 Å². The lowest BCUT2D eigenvalue weighted by molar-refractivity contribution is 0.0471. The van der Waals surface area contributed by atoms with E-state index in [1.54, 1.807) is 0 Å². The molecule has 1 fully saturated rings. The Morgan fingerprint density at radius 1 is 1.12 bits per heavy atom. The first-order valence-electron chi connectivity index (χ1n) is 11.4. The van der Waals surface area contributed by atoms with Crippen LogP contribution in [0.25, 0.3) is 11.3 Å². The highest BCUT2D eigenvalue weighted by Crippen LogP contribution is 2.44. The summed E-state index contributed by atoms with van der Waals surface area (Å²) in [5, 5.41) is 2.95. The topological polar surface area (TPSA) is 116 Å². The quantitative estimate of drug-likeness (QED) is 0.708. The third kappa shape index (κ3) is 4.65. The molecular formula is C25H32N4O4. The fourth-order valence-electron chi connectivity index (χ4n) is 4.65. The zero-order chi connectivity index (χ0) is 24.0. The van der Waals surface area contributed by atoms with Crippen LogP contribution in [-0.4, -0.2) is 39.6 Å². The molecule has 1 saturated carbocycles. The highest BCUT2D eigenvalue weighted by Gasteiger charge is 2.42. The first kappa shape index (κ1) is 23.0. The number of hydrogen-bond donors (Lipinski definition) is 2. The molecule has 8 nitrogen and oxygen atoms in total. The Bertz CT molecular complexity index is 1080. The largest absolute Gasteiger partial charge is 0.490 e. The minimum absolute atomic E-state index is 0.0247. The third-order valence-electron chi connectivity index (χ3n) is 6.26. The summed E-state index contributed by atoms with van der Waals surface area (Å²) in [5.41, 5.74) is 7.47. The minimum atomic E-state index is -0.822. The van der Waals surface area contributed by atoms with Crippen LogP contribution in [0.1, 0.15) is 76.2 Å². The van der Waals surface area contributed by atoms with Crippen molar-refractivity contribution in [3.05, 3.63) is 35.7 Å². The maximum Gasteiger partial charge on any atom is 0.407 e. The van der Waals surface area contributed by atoms with Gasteiger partial charge in [-0.15, -0.1) is 0 Å². The second-order valence-electron chi connectivity index (χ2n) is 10.4. The summed E-state index contributed by atoms with van der Waals surface area (Å²) in [6.45, 7) is 9.25. The van der Waals surface area contributed by atoms with Gasteiger partial charge in [0.05, 0.1) is 17.2 Å². The number of ether oxygens (including phenoxy) is 2. The number of carbonyl (C=O) groups is 2. The molecule has 1 heterocycles. The van der Waals surface area contributed by atoms with Crippen molar-refractivity contribution in [2.24, 2.45) is 0 Å². The number of fused-ring (bicyclic) bond motifs is 3. The molecule has 3 N–H and O–H groups in total. The van der Waals surface area contributed by atoms with Crippen molar-refractivity contribution < 1.29 is 19.1 Å². The molecule has 2 aliphatic carbocycles. The van der Waals surface area contributed by atoms with Crippen LogP contribution in [0.15, 0.2) is 24.5 Å². The third-order valence-corrected chi connectivity index (χ3v) is 6.26. The number of benzene rings is 1. The summed E-state index contributed by atoms with van der Waals surface area (Å²) in [6, 6.07) is 5.63. The van der Waals surface area contributed by atoms with Crippen LogP contribution >= 0.6 is 0 Å². The molecule has 0 aliphatic heterocycles. The summed E-state index contributed by atoms with van der Waals surface area (Å²) in [4.78, 5) is 33.8. The molecule has 0 bridgehead atoms. The number of rotatable bonds is 3. The molecule has 33 heavy (non-hydrogen) atoms. The van der Waals surface area contributed by atoms with E-state index < -0.39 is 11.0 Å². The van der Waals surface area contributed by atoms with Gasteiger partial charge in [0.1, 0.15) is 23.5 Å². The number of amides is 1. The van der Waals surface area contributed by atoms with Gasteiger partial charge in [0, 0.05) is 22.7 Å². The molecular weight excluding hydrogens is 420 g/mol. The standard InChI is InChI=1S/C25H32N4O4/c1-24(2,3)33-23(31)29-14-6-8-15(9-7-14)32-16-10-11-17-18(12-16)21(30)25(4,5)19-20(17)27-13-28-22(19)26/h10-15H,6-9H2,1-5H3,(H,29,31)(H2,26,27,28). The number of ketones is 1. The van der Waals surface area contributed by atoms with Crippen LogP contribution in [0, 0.1) is 0 Å². The minimum Gasteiger partial charge on any atom is -0.490 e. The van der Waals surface area contributed by atoms with Gasteiger partial charge in [-0.05, 0) is 78.5 Å². The van der Waals surface area contributed by atoms with Crippen molar-refractivity contribution in [2.75, 3.05) is 5.73 Å². The highest BCUT2D eigenvalue weighted by atomic mass is 16.6. The average molecular weight is 453 g/mol. The Morgan fingerprint density at radius 3 is 2.48 bits per heavy atom. The number of nitrogens with two attached hydrogens (primary N) is 1. The normalized spacial score (nSPS) is 21.5. The van der Waals surface area contributed by atoms with E-state index in [4.69, 9.17) is 15.2 Å². The number of nitrogens with zero attached hydrogens (tertiary/aromatic N) is 2. The SMILES string of the molecule is CC(C)(C)OC(=O)NC1CCC(Oc2ccc3c(c2)C(=O)C(C)(C)c2c(N)ncnc2-3)CC1. The van der Waals surface area contributed by atoms with E-state index >= 15 is 0 Å². The first-order valence-corrected chi connectivity index (χ1v) is 11.4. The van der Waals surface area contributed by atoms with Gasteiger partial charge < -0.3 is 20.5 Å². The van der Waals surface area contributed by atoms with Crippen molar-refractivity contribution in [3.8, 4) is 17.0 Å². The fourth-order valence-corrected chi connectivity index (χ4v) is 4.65. The lowest BCUT2D eigenvalue weighted by Crippen LogP contribution is -2.42. The molecule has 1 amide bonds. The van der Waals surface area contributed by atoms with E-state index in [0.717, 1.165) is 31.2 Å². The lowest BCUT2D eigenvalue weighted by atomic mass is 9.71. The Kier molecular flexibility index (Phi) is 5.80. The van der Waals surface area contributed by atoms with Crippen LogP contribution in [0.4, 0.5) is 10.6 Å². The van der Waals surface area contributed by atoms with Crippen molar-refractivity contribution in [1.29, 1.82) is 0 Å². The molecule has 176 valence electrons. The van der Waals surface area contributed by atoms with E-state index in [0.29, 0.717) is 28.4 Å². The summed E-state index contributed by atoms with van der Waals surface area (Å²) < 4.78 is 11.6. The Balaban J connectivity index is 1.45. The number of hydrogen-bond acceptors (Lipinski definition) is 7. The maximum atomic E-state index is 13.3. The number of aromatic nitrogens is 2.